The summed E-state index contributed by atoms with van der Waals surface area (Å²) in [5.41, 5.74) is 5.24. The molecule has 1 rings (SSSR count). The molecule has 0 aliphatic carbocycles. The van der Waals surface area contributed by atoms with Gasteiger partial charge in [0.25, 0.3) is 0 Å². The van der Waals surface area contributed by atoms with Crippen LogP contribution in [-0.4, -0.2) is 4.98 Å². The molecule has 0 spiro atoms. The molecule has 1 aromatic rings. The Morgan fingerprint density at radius 2 is 2.30 bits per heavy atom. The van der Waals surface area contributed by atoms with E-state index in [2.05, 4.69) is 20.9 Å². The minimum absolute atomic E-state index is 0.185. The van der Waals surface area contributed by atoms with Gasteiger partial charge in [-0.2, -0.15) is 4.39 Å². The molecule has 0 atom stereocenters. The molecule has 2 nitrogen and oxygen atoms in total. The second-order valence-corrected chi connectivity index (χ2v) is 3.57. The SMILES string of the molecule is Nc1cc(Br)c(I)c(F)n1. The van der Waals surface area contributed by atoms with Gasteiger partial charge in [0.1, 0.15) is 5.82 Å². The number of rotatable bonds is 0. The number of aromatic nitrogens is 1. The highest BCUT2D eigenvalue weighted by Crippen LogP contribution is 2.21. The van der Waals surface area contributed by atoms with Gasteiger partial charge in [0.05, 0.1) is 3.57 Å². The lowest BCUT2D eigenvalue weighted by Crippen LogP contribution is -1.95. The molecule has 0 saturated heterocycles. The van der Waals surface area contributed by atoms with Gasteiger partial charge in [-0.05, 0) is 44.6 Å². The van der Waals surface area contributed by atoms with Crippen LogP contribution in [0.3, 0.4) is 0 Å². The number of pyridine rings is 1. The van der Waals surface area contributed by atoms with Gasteiger partial charge in [-0.25, -0.2) is 4.98 Å². The lowest BCUT2D eigenvalue weighted by atomic mass is 10.5. The van der Waals surface area contributed by atoms with Crippen molar-refractivity contribution in [3.8, 4) is 0 Å². The van der Waals surface area contributed by atoms with E-state index in [4.69, 9.17) is 5.73 Å². The summed E-state index contributed by atoms with van der Waals surface area (Å²) in [5.74, 6) is -0.350. The molecular formula is C5H3BrFIN2. The molecule has 10 heavy (non-hydrogen) atoms. The molecule has 2 N–H and O–H groups in total. The molecule has 0 saturated carbocycles. The first kappa shape index (κ1) is 8.19. The zero-order chi connectivity index (χ0) is 7.72. The van der Waals surface area contributed by atoms with E-state index in [1.807, 2.05) is 22.6 Å². The Hall–Kier alpha value is 0.0900. The van der Waals surface area contributed by atoms with Crippen LogP contribution in [0.2, 0.25) is 0 Å². The third kappa shape index (κ3) is 1.57. The van der Waals surface area contributed by atoms with E-state index < -0.39 is 5.95 Å². The summed E-state index contributed by atoms with van der Waals surface area (Å²) in [6, 6.07) is 1.56. The van der Waals surface area contributed by atoms with Crippen LogP contribution >= 0.6 is 38.5 Å². The van der Waals surface area contributed by atoms with Crippen molar-refractivity contribution in [1.29, 1.82) is 0 Å². The summed E-state index contributed by atoms with van der Waals surface area (Å²) in [6.07, 6.45) is 0. The van der Waals surface area contributed by atoms with Crippen molar-refractivity contribution >= 4 is 44.3 Å². The summed E-state index contributed by atoms with van der Waals surface area (Å²) < 4.78 is 13.7. The Bertz CT molecular complexity index is 243. The number of hydrogen-bond donors (Lipinski definition) is 1. The summed E-state index contributed by atoms with van der Waals surface area (Å²) in [7, 11) is 0. The predicted octanol–water partition coefficient (Wildman–Crippen LogP) is 2.17. The van der Waals surface area contributed by atoms with Crippen LogP contribution in [0.25, 0.3) is 0 Å². The summed E-state index contributed by atoms with van der Waals surface area (Å²) in [6.45, 7) is 0. The van der Waals surface area contributed by atoms with Crippen molar-refractivity contribution in [3.63, 3.8) is 0 Å². The van der Waals surface area contributed by atoms with E-state index in [0.29, 0.717) is 8.04 Å². The number of halogens is 3. The van der Waals surface area contributed by atoms with E-state index in [1.54, 1.807) is 6.07 Å². The van der Waals surface area contributed by atoms with Crippen LogP contribution in [0, 0.1) is 9.52 Å². The maximum Gasteiger partial charge on any atom is 0.229 e. The average molecular weight is 317 g/mol. The highest BCUT2D eigenvalue weighted by Gasteiger charge is 2.04. The summed E-state index contributed by atoms with van der Waals surface area (Å²) in [5, 5.41) is 0. The number of nitrogens with two attached hydrogens (primary N) is 1. The number of hydrogen-bond acceptors (Lipinski definition) is 2. The van der Waals surface area contributed by atoms with Crippen LogP contribution in [0.5, 0.6) is 0 Å². The second kappa shape index (κ2) is 3.00. The second-order valence-electron chi connectivity index (χ2n) is 1.63. The minimum Gasteiger partial charge on any atom is -0.384 e. The first-order valence-corrected chi connectivity index (χ1v) is 4.25. The van der Waals surface area contributed by atoms with Crippen LogP contribution < -0.4 is 5.73 Å². The molecule has 0 aliphatic heterocycles. The van der Waals surface area contributed by atoms with Gasteiger partial charge < -0.3 is 5.73 Å². The molecular weight excluding hydrogens is 314 g/mol. The highest BCUT2D eigenvalue weighted by molar-refractivity contribution is 14.1. The minimum atomic E-state index is -0.535. The lowest BCUT2D eigenvalue weighted by Gasteiger charge is -1.97. The van der Waals surface area contributed by atoms with Crippen molar-refractivity contribution in [2.24, 2.45) is 0 Å². The summed E-state index contributed by atoms with van der Waals surface area (Å²) in [4.78, 5) is 3.41. The van der Waals surface area contributed by atoms with Crippen molar-refractivity contribution in [1.82, 2.24) is 4.98 Å². The van der Waals surface area contributed by atoms with Crippen LogP contribution in [-0.2, 0) is 0 Å². The number of nitrogens with zero attached hydrogens (tertiary/aromatic N) is 1. The molecule has 0 radical (unpaired) electrons. The quantitative estimate of drug-likeness (QED) is 0.588. The number of nitrogen functional groups attached to an aromatic ring is 1. The van der Waals surface area contributed by atoms with Crippen molar-refractivity contribution in [3.05, 3.63) is 20.1 Å². The topological polar surface area (TPSA) is 38.9 Å². The van der Waals surface area contributed by atoms with Gasteiger partial charge in [0.15, 0.2) is 0 Å². The fourth-order valence-corrected chi connectivity index (χ4v) is 1.16. The summed E-state index contributed by atoms with van der Waals surface area (Å²) >= 11 is 4.97. The zero-order valence-electron chi connectivity index (χ0n) is 4.74. The molecule has 1 aromatic heterocycles. The fourth-order valence-electron chi connectivity index (χ4n) is 0.486. The first-order chi connectivity index (χ1) is 4.61. The van der Waals surface area contributed by atoms with Gasteiger partial charge in [0, 0.05) is 4.47 Å². The third-order valence-electron chi connectivity index (χ3n) is 0.893. The Kier molecular flexibility index (Phi) is 2.45. The van der Waals surface area contributed by atoms with Gasteiger partial charge in [0.2, 0.25) is 5.95 Å². The van der Waals surface area contributed by atoms with Crippen molar-refractivity contribution < 1.29 is 4.39 Å². The van der Waals surface area contributed by atoms with E-state index in [-0.39, 0.29) is 5.82 Å². The maximum absolute atomic E-state index is 12.6. The monoisotopic (exact) mass is 316 g/mol. The highest BCUT2D eigenvalue weighted by atomic mass is 127. The van der Waals surface area contributed by atoms with Crippen molar-refractivity contribution in [2.45, 2.75) is 0 Å². The van der Waals surface area contributed by atoms with Gasteiger partial charge >= 0.3 is 0 Å². The average Bonchev–Trinajstić information content (AvgIpc) is 1.82. The Morgan fingerprint density at radius 1 is 1.70 bits per heavy atom. The molecule has 54 valence electrons. The largest absolute Gasteiger partial charge is 0.384 e. The molecule has 0 fully saturated rings. The molecule has 0 amide bonds. The third-order valence-corrected chi connectivity index (χ3v) is 3.29. The smallest absolute Gasteiger partial charge is 0.229 e. The molecule has 1 heterocycles. The van der Waals surface area contributed by atoms with Crippen LogP contribution in [0.15, 0.2) is 10.5 Å². The standard InChI is InChI=1S/C5H3BrFIN2/c6-2-1-3(9)10-5(7)4(2)8/h1H,(H2,9,10). The Morgan fingerprint density at radius 3 is 2.80 bits per heavy atom. The zero-order valence-corrected chi connectivity index (χ0v) is 8.48. The Balaban J connectivity index is 3.31. The fraction of sp³-hybridized carbons (Fsp3) is 0. The number of anilines is 1. The van der Waals surface area contributed by atoms with Crippen LogP contribution in [0.4, 0.5) is 10.2 Å². The van der Waals surface area contributed by atoms with E-state index >= 15 is 0 Å². The molecule has 0 aliphatic rings. The first-order valence-electron chi connectivity index (χ1n) is 2.38. The molecule has 0 bridgehead atoms. The predicted molar refractivity (Wildman–Crippen MR) is 49.0 cm³/mol. The van der Waals surface area contributed by atoms with Gasteiger partial charge in [-0.1, -0.05) is 0 Å². The molecule has 0 unspecified atom stereocenters. The van der Waals surface area contributed by atoms with E-state index in [9.17, 15) is 4.39 Å². The molecule has 0 aromatic carbocycles. The Labute approximate surface area is 79.3 Å². The molecule has 5 heteroatoms. The van der Waals surface area contributed by atoms with Gasteiger partial charge in [-0.3, -0.25) is 0 Å². The lowest BCUT2D eigenvalue weighted by molar-refractivity contribution is 0.577. The van der Waals surface area contributed by atoms with E-state index in [1.165, 1.54) is 0 Å². The van der Waals surface area contributed by atoms with E-state index in [0.717, 1.165) is 0 Å². The van der Waals surface area contributed by atoms with Gasteiger partial charge in [-0.15, -0.1) is 0 Å². The van der Waals surface area contributed by atoms with Crippen LogP contribution in [0.1, 0.15) is 0 Å². The normalized spacial score (nSPS) is 9.90. The maximum atomic E-state index is 12.6. The van der Waals surface area contributed by atoms with Crippen molar-refractivity contribution in [2.75, 3.05) is 5.73 Å².